The summed E-state index contributed by atoms with van der Waals surface area (Å²) in [7, 11) is 0. The molecular weight excluding hydrogens is 376 g/mol. The van der Waals surface area contributed by atoms with Crippen LogP contribution in [0.15, 0.2) is 32.5 Å². The Bertz CT molecular complexity index is 611. The summed E-state index contributed by atoms with van der Waals surface area (Å²) in [5.41, 5.74) is 3.55. The minimum absolute atomic E-state index is 0.112. The predicted molar refractivity (Wildman–Crippen MR) is 81.6 cm³/mol. The smallest absolute Gasteiger partial charge is 0.203 e. The highest BCUT2D eigenvalue weighted by molar-refractivity contribution is 9.13. The van der Waals surface area contributed by atoms with Gasteiger partial charge in [-0.15, -0.1) is 11.3 Å². The molecule has 0 atom stereocenters. The van der Waals surface area contributed by atoms with E-state index in [9.17, 15) is 4.79 Å². The minimum Gasteiger partial charge on any atom is -0.288 e. The highest BCUT2D eigenvalue weighted by Gasteiger charge is 2.17. The van der Waals surface area contributed by atoms with Crippen molar-refractivity contribution in [1.29, 1.82) is 0 Å². The largest absolute Gasteiger partial charge is 0.288 e. The first kappa shape index (κ1) is 12.6. The molecule has 0 saturated heterocycles. The van der Waals surface area contributed by atoms with E-state index in [1.807, 2.05) is 12.1 Å². The Hall–Kier alpha value is -0.450. The van der Waals surface area contributed by atoms with Gasteiger partial charge in [0.25, 0.3) is 0 Å². The molecule has 1 aromatic heterocycles. The molecule has 0 radical (unpaired) electrons. The van der Waals surface area contributed by atoms with Gasteiger partial charge in [-0.05, 0) is 74.4 Å². The summed E-state index contributed by atoms with van der Waals surface area (Å²) in [5, 5.41) is 0. The van der Waals surface area contributed by atoms with Gasteiger partial charge < -0.3 is 0 Å². The molecule has 4 heteroatoms. The van der Waals surface area contributed by atoms with Gasteiger partial charge in [0.2, 0.25) is 5.78 Å². The van der Waals surface area contributed by atoms with Crippen LogP contribution in [0.25, 0.3) is 0 Å². The molecule has 2 aromatic rings. The summed E-state index contributed by atoms with van der Waals surface area (Å²) in [4.78, 5) is 13.2. The molecule has 0 fully saturated rings. The molecule has 0 N–H and O–H groups in total. The van der Waals surface area contributed by atoms with E-state index >= 15 is 0 Å². The van der Waals surface area contributed by atoms with Gasteiger partial charge in [0.15, 0.2) is 0 Å². The summed E-state index contributed by atoms with van der Waals surface area (Å²) >= 11 is 8.31. The molecule has 92 valence electrons. The lowest BCUT2D eigenvalue weighted by Crippen LogP contribution is -1.99. The lowest BCUT2D eigenvalue weighted by Gasteiger charge is -2.02. The van der Waals surface area contributed by atoms with E-state index in [1.165, 1.54) is 28.9 Å². The Balaban J connectivity index is 1.97. The molecule has 0 saturated carbocycles. The SMILES string of the molecule is O=C(c1ccc2c(c1)CCC2)c1cc(Br)c(Br)s1. The van der Waals surface area contributed by atoms with Crippen LogP contribution in [0.5, 0.6) is 0 Å². The summed E-state index contributed by atoms with van der Waals surface area (Å²) < 4.78 is 1.91. The van der Waals surface area contributed by atoms with Crippen molar-refractivity contribution in [2.45, 2.75) is 19.3 Å². The third-order valence-electron chi connectivity index (χ3n) is 3.23. The van der Waals surface area contributed by atoms with Gasteiger partial charge in [-0.3, -0.25) is 4.79 Å². The van der Waals surface area contributed by atoms with Crippen molar-refractivity contribution in [3.63, 3.8) is 0 Å². The van der Waals surface area contributed by atoms with Crippen LogP contribution in [-0.4, -0.2) is 5.78 Å². The number of hydrogen-bond acceptors (Lipinski definition) is 2. The lowest BCUT2D eigenvalue weighted by molar-refractivity contribution is 0.104. The molecule has 1 aliphatic carbocycles. The van der Waals surface area contributed by atoms with Crippen LogP contribution in [0.4, 0.5) is 0 Å². The van der Waals surface area contributed by atoms with Crippen molar-refractivity contribution in [3.8, 4) is 0 Å². The first-order chi connectivity index (χ1) is 8.65. The molecule has 1 aromatic carbocycles. The van der Waals surface area contributed by atoms with Crippen molar-refractivity contribution in [2.24, 2.45) is 0 Å². The summed E-state index contributed by atoms with van der Waals surface area (Å²) in [6, 6.07) is 8.00. The van der Waals surface area contributed by atoms with Crippen LogP contribution in [0.2, 0.25) is 0 Å². The Morgan fingerprint density at radius 2 is 1.89 bits per heavy atom. The zero-order valence-corrected chi connectivity index (χ0v) is 13.5. The van der Waals surface area contributed by atoms with E-state index in [0.29, 0.717) is 0 Å². The van der Waals surface area contributed by atoms with Gasteiger partial charge in [0.05, 0.1) is 8.66 Å². The average molecular weight is 386 g/mol. The van der Waals surface area contributed by atoms with Gasteiger partial charge in [-0.2, -0.15) is 0 Å². The molecule has 0 aliphatic heterocycles. The second-order valence-electron chi connectivity index (χ2n) is 4.40. The minimum atomic E-state index is 0.112. The molecule has 1 nitrogen and oxygen atoms in total. The van der Waals surface area contributed by atoms with E-state index in [1.54, 1.807) is 0 Å². The second-order valence-corrected chi connectivity index (χ2v) is 7.62. The Morgan fingerprint density at radius 1 is 1.11 bits per heavy atom. The number of thiophene rings is 1. The molecule has 0 bridgehead atoms. The van der Waals surface area contributed by atoms with Crippen LogP contribution < -0.4 is 0 Å². The van der Waals surface area contributed by atoms with Gasteiger partial charge in [0.1, 0.15) is 0 Å². The molecule has 0 amide bonds. The van der Waals surface area contributed by atoms with E-state index in [4.69, 9.17) is 0 Å². The van der Waals surface area contributed by atoms with Crippen molar-refractivity contribution in [1.82, 2.24) is 0 Å². The predicted octanol–water partition coefficient (Wildman–Crippen LogP) is 4.99. The fraction of sp³-hybridized carbons (Fsp3) is 0.214. The first-order valence-electron chi connectivity index (χ1n) is 5.76. The average Bonchev–Trinajstić information content (AvgIpc) is 2.95. The van der Waals surface area contributed by atoms with Crippen LogP contribution in [-0.2, 0) is 12.8 Å². The highest BCUT2D eigenvalue weighted by Crippen LogP contribution is 2.34. The highest BCUT2D eigenvalue weighted by atomic mass is 79.9. The normalized spacial score (nSPS) is 13.7. The van der Waals surface area contributed by atoms with Crippen LogP contribution in [0, 0.1) is 0 Å². The maximum atomic E-state index is 12.4. The second kappa shape index (κ2) is 4.91. The number of rotatable bonds is 2. The Kier molecular flexibility index (Phi) is 3.43. The van der Waals surface area contributed by atoms with Crippen molar-refractivity contribution >= 4 is 49.0 Å². The molecule has 18 heavy (non-hydrogen) atoms. The molecule has 3 rings (SSSR count). The standard InChI is InChI=1S/C14H10Br2OS/c15-11-7-12(18-14(11)16)13(17)10-5-4-8-2-1-3-9(8)6-10/h4-7H,1-3H2. The van der Waals surface area contributed by atoms with Crippen LogP contribution >= 0.6 is 43.2 Å². The third-order valence-corrected chi connectivity index (χ3v) is 6.48. The Labute approximate surface area is 126 Å². The van der Waals surface area contributed by atoms with E-state index in [0.717, 1.165) is 31.5 Å². The summed E-state index contributed by atoms with van der Waals surface area (Å²) in [6.45, 7) is 0. The fourth-order valence-corrected chi connectivity index (χ4v) is 4.31. The van der Waals surface area contributed by atoms with Crippen LogP contribution in [0.3, 0.4) is 0 Å². The number of ketones is 1. The van der Waals surface area contributed by atoms with Gasteiger partial charge >= 0.3 is 0 Å². The maximum absolute atomic E-state index is 12.4. The molecule has 1 aliphatic rings. The molecule has 1 heterocycles. The van der Waals surface area contributed by atoms with Crippen molar-refractivity contribution < 1.29 is 4.79 Å². The van der Waals surface area contributed by atoms with Gasteiger partial charge in [0, 0.05) is 10.0 Å². The van der Waals surface area contributed by atoms with Gasteiger partial charge in [-0.25, -0.2) is 0 Å². The molecular formula is C14H10Br2OS. The number of fused-ring (bicyclic) bond motifs is 1. The Morgan fingerprint density at radius 3 is 2.61 bits per heavy atom. The summed E-state index contributed by atoms with van der Waals surface area (Å²) in [5.74, 6) is 0.112. The monoisotopic (exact) mass is 384 g/mol. The summed E-state index contributed by atoms with van der Waals surface area (Å²) in [6.07, 6.45) is 3.47. The van der Waals surface area contributed by atoms with Crippen molar-refractivity contribution in [2.75, 3.05) is 0 Å². The van der Waals surface area contributed by atoms with Crippen LogP contribution in [0.1, 0.15) is 32.8 Å². The van der Waals surface area contributed by atoms with Crippen molar-refractivity contribution in [3.05, 3.63) is 54.1 Å². The number of aryl methyl sites for hydroxylation is 2. The van der Waals surface area contributed by atoms with E-state index < -0.39 is 0 Å². The zero-order valence-electron chi connectivity index (χ0n) is 9.50. The maximum Gasteiger partial charge on any atom is 0.203 e. The number of carbonyl (C=O) groups excluding carboxylic acids is 1. The number of benzene rings is 1. The molecule has 0 spiro atoms. The number of carbonyl (C=O) groups is 1. The van der Waals surface area contributed by atoms with E-state index in [2.05, 4.69) is 44.0 Å². The topological polar surface area (TPSA) is 17.1 Å². The number of halogens is 2. The van der Waals surface area contributed by atoms with E-state index in [-0.39, 0.29) is 5.78 Å². The lowest BCUT2D eigenvalue weighted by atomic mass is 10.0. The third kappa shape index (κ3) is 2.22. The number of hydrogen-bond donors (Lipinski definition) is 0. The first-order valence-corrected chi connectivity index (χ1v) is 8.17. The zero-order chi connectivity index (χ0) is 12.7. The fourth-order valence-electron chi connectivity index (χ4n) is 2.31. The van der Waals surface area contributed by atoms with Gasteiger partial charge in [-0.1, -0.05) is 12.1 Å². The quantitative estimate of drug-likeness (QED) is 0.665. The molecule has 0 unspecified atom stereocenters.